The van der Waals surface area contributed by atoms with Crippen molar-refractivity contribution in [3.63, 3.8) is 0 Å². The molecule has 0 aromatic carbocycles. The molecule has 2 aromatic rings. The van der Waals surface area contributed by atoms with Gasteiger partial charge in [-0.1, -0.05) is 27.2 Å². The molecule has 112 valence electrons. The van der Waals surface area contributed by atoms with Gasteiger partial charge in [0.2, 0.25) is 0 Å². The molecule has 21 heavy (non-hydrogen) atoms. The lowest BCUT2D eigenvalue weighted by Gasteiger charge is -2.09. The van der Waals surface area contributed by atoms with Gasteiger partial charge in [0.05, 0.1) is 11.3 Å². The molecule has 5 heteroatoms. The minimum atomic E-state index is -0.933. The summed E-state index contributed by atoms with van der Waals surface area (Å²) < 4.78 is 1.77. The number of aryl methyl sites for hydroxylation is 3. The minimum absolute atomic E-state index is 0.263. The maximum atomic E-state index is 11.3. The first-order valence-electron chi connectivity index (χ1n) is 7.41. The van der Waals surface area contributed by atoms with Gasteiger partial charge < -0.3 is 5.11 Å². The SMILES string of the molecule is CCCc1cc(C(=O)O)cc(-n2nc(CC)cc2CC)n1. The molecule has 0 atom stereocenters. The predicted octanol–water partition coefficient (Wildman–Crippen LogP) is 3.04. The van der Waals surface area contributed by atoms with Gasteiger partial charge in [-0.2, -0.15) is 5.10 Å². The second-order valence-electron chi connectivity index (χ2n) is 5.01. The third kappa shape index (κ3) is 3.29. The van der Waals surface area contributed by atoms with E-state index in [0.717, 1.165) is 42.8 Å². The van der Waals surface area contributed by atoms with Crippen molar-refractivity contribution < 1.29 is 9.90 Å². The van der Waals surface area contributed by atoms with E-state index in [1.54, 1.807) is 16.8 Å². The van der Waals surface area contributed by atoms with Crippen LogP contribution in [0.2, 0.25) is 0 Å². The molecular formula is C16H21N3O2. The van der Waals surface area contributed by atoms with Gasteiger partial charge in [-0.15, -0.1) is 0 Å². The molecule has 2 aromatic heterocycles. The van der Waals surface area contributed by atoms with Crippen molar-refractivity contribution in [1.82, 2.24) is 14.8 Å². The maximum absolute atomic E-state index is 11.3. The predicted molar refractivity (Wildman–Crippen MR) is 81.1 cm³/mol. The molecule has 0 spiro atoms. The fraction of sp³-hybridized carbons (Fsp3) is 0.438. The lowest BCUT2D eigenvalue weighted by Crippen LogP contribution is -2.09. The van der Waals surface area contributed by atoms with Gasteiger partial charge >= 0.3 is 5.97 Å². The monoisotopic (exact) mass is 287 g/mol. The van der Waals surface area contributed by atoms with Crippen molar-refractivity contribution >= 4 is 5.97 Å². The zero-order valence-corrected chi connectivity index (χ0v) is 12.8. The Hall–Kier alpha value is -2.17. The van der Waals surface area contributed by atoms with Crippen LogP contribution in [-0.2, 0) is 19.3 Å². The van der Waals surface area contributed by atoms with Crippen LogP contribution in [0.4, 0.5) is 0 Å². The van der Waals surface area contributed by atoms with Gasteiger partial charge in [0.15, 0.2) is 5.82 Å². The summed E-state index contributed by atoms with van der Waals surface area (Å²) in [4.78, 5) is 15.9. The van der Waals surface area contributed by atoms with Crippen molar-refractivity contribution in [3.05, 3.63) is 40.8 Å². The molecule has 0 unspecified atom stereocenters. The molecule has 0 fully saturated rings. The van der Waals surface area contributed by atoms with Crippen molar-refractivity contribution in [2.75, 3.05) is 0 Å². The fourth-order valence-corrected chi connectivity index (χ4v) is 2.29. The molecule has 0 aliphatic rings. The number of hydrogen-bond acceptors (Lipinski definition) is 3. The topological polar surface area (TPSA) is 68.0 Å². The highest BCUT2D eigenvalue weighted by atomic mass is 16.4. The number of aromatic carboxylic acids is 1. The largest absolute Gasteiger partial charge is 0.478 e. The Kier molecular flexibility index (Phi) is 4.73. The Bertz CT molecular complexity index is 647. The minimum Gasteiger partial charge on any atom is -0.478 e. The normalized spacial score (nSPS) is 10.8. The van der Waals surface area contributed by atoms with E-state index >= 15 is 0 Å². The number of hydrogen-bond donors (Lipinski definition) is 1. The van der Waals surface area contributed by atoms with Crippen LogP contribution in [0.5, 0.6) is 0 Å². The lowest BCUT2D eigenvalue weighted by atomic mass is 10.1. The number of aromatic nitrogens is 3. The van der Waals surface area contributed by atoms with Crippen LogP contribution < -0.4 is 0 Å². The van der Waals surface area contributed by atoms with Gasteiger partial charge in [0.25, 0.3) is 0 Å². The molecule has 0 aliphatic heterocycles. The summed E-state index contributed by atoms with van der Waals surface area (Å²) in [5, 5.41) is 13.8. The molecule has 0 bridgehead atoms. The van der Waals surface area contributed by atoms with Crippen molar-refractivity contribution in [1.29, 1.82) is 0 Å². The molecule has 0 aliphatic carbocycles. The number of nitrogens with zero attached hydrogens (tertiary/aromatic N) is 3. The Morgan fingerprint density at radius 2 is 1.90 bits per heavy atom. The molecule has 0 saturated carbocycles. The highest BCUT2D eigenvalue weighted by Crippen LogP contribution is 2.16. The quantitative estimate of drug-likeness (QED) is 0.886. The molecule has 0 saturated heterocycles. The average Bonchev–Trinajstić information content (AvgIpc) is 2.90. The molecular weight excluding hydrogens is 266 g/mol. The smallest absolute Gasteiger partial charge is 0.335 e. The number of pyridine rings is 1. The van der Waals surface area contributed by atoms with E-state index < -0.39 is 5.97 Å². The summed E-state index contributed by atoms with van der Waals surface area (Å²) in [5.74, 6) is -0.341. The second-order valence-corrected chi connectivity index (χ2v) is 5.01. The molecule has 0 radical (unpaired) electrons. The van der Waals surface area contributed by atoms with E-state index in [4.69, 9.17) is 0 Å². The second kappa shape index (κ2) is 6.52. The number of carboxylic acids is 1. The lowest BCUT2D eigenvalue weighted by molar-refractivity contribution is 0.0696. The Morgan fingerprint density at radius 1 is 1.14 bits per heavy atom. The maximum Gasteiger partial charge on any atom is 0.335 e. The van der Waals surface area contributed by atoms with E-state index in [9.17, 15) is 9.90 Å². The molecule has 5 nitrogen and oxygen atoms in total. The van der Waals surface area contributed by atoms with Crippen molar-refractivity contribution in [2.45, 2.75) is 46.5 Å². The zero-order valence-electron chi connectivity index (χ0n) is 12.8. The molecule has 2 rings (SSSR count). The Balaban J connectivity index is 2.56. The summed E-state index contributed by atoms with van der Waals surface area (Å²) in [6.07, 6.45) is 3.36. The van der Waals surface area contributed by atoms with Crippen LogP contribution in [0, 0.1) is 0 Å². The van der Waals surface area contributed by atoms with Crippen LogP contribution in [-0.4, -0.2) is 25.8 Å². The van der Waals surface area contributed by atoms with Gasteiger partial charge in [-0.25, -0.2) is 14.5 Å². The number of carboxylic acid groups (broad SMARTS) is 1. The summed E-state index contributed by atoms with van der Waals surface area (Å²) >= 11 is 0. The third-order valence-electron chi connectivity index (χ3n) is 3.39. The Morgan fingerprint density at radius 3 is 2.48 bits per heavy atom. The number of rotatable bonds is 6. The average molecular weight is 287 g/mol. The van der Waals surface area contributed by atoms with Gasteiger partial charge in [0, 0.05) is 11.4 Å². The van der Waals surface area contributed by atoms with Gasteiger partial charge in [-0.05, 0) is 37.5 Å². The van der Waals surface area contributed by atoms with E-state index in [1.165, 1.54) is 0 Å². The van der Waals surface area contributed by atoms with Crippen LogP contribution in [0.15, 0.2) is 18.2 Å². The van der Waals surface area contributed by atoms with Gasteiger partial charge in [0.1, 0.15) is 0 Å². The van der Waals surface area contributed by atoms with E-state index in [1.807, 2.05) is 0 Å². The first kappa shape index (κ1) is 15.2. The first-order chi connectivity index (χ1) is 10.1. The number of carbonyl (C=O) groups is 1. The van der Waals surface area contributed by atoms with Crippen LogP contribution >= 0.6 is 0 Å². The third-order valence-corrected chi connectivity index (χ3v) is 3.39. The summed E-state index contributed by atoms with van der Waals surface area (Å²) in [7, 11) is 0. The summed E-state index contributed by atoms with van der Waals surface area (Å²) in [5.41, 5.74) is 3.10. The van der Waals surface area contributed by atoms with Crippen LogP contribution in [0.25, 0.3) is 5.82 Å². The molecule has 0 amide bonds. The zero-order chi connectivity index (χ0) is 15.4. The fourth-order valence-electron chi connectivity index (χ4n) is 2.29. The van der Waals surface area contributed by atoms with Crippen LogP contribution in [0.1, 0.15) is 54.6 Å². The summed E-state index contributed by atoms with van der Waals surface area (Å²) in [6, 6.07) is 5.28. The molecule has 2 heterocycles. The summed E-state index contributed by atoms with van der Waals surface area (Å²) in [6.45, 7) is 6.16. The highest BCUT2D eigenvalue weighted by molar-refractivity contribution is 5.88. The van der Waals surface area contributed by atoms with E-state index in [-0.39, 0.29) is 5.56 Å². The van der Waals surface area contributed by atoms with Gasteiger partial charge in [-0.3, -0.25) is 0 Å². The van der Waals surface area contributed by atoms with Crippen molar-refractivity contribution in [2.24, 2.45) is 0 Å². The van der Waals surface area contributed by atoms with Crippen LogP contribution in [0.3, 0.4) is 0 Å². The van der Waals surface area contributed by atoms with E-state index in [0.29, 0.717) is 5.82 Å². The van der Waals surface area contributed by atoms with Crippen molar-refractivity contribution in [3.8, 4) is 5.82 Å². The van der Waals surface area contributed by atoms with E-state index in [2.05, 4.69) is 36.9 Å². The highest BCUT2D eigenvalue weighted by Gasteiger charge is 2.13. The molecule has 1 N–H and O–H groups in total. The Labute approximate surface area is 124 Å². The standard InChI is InChI=1S/C16H21N3O2/c1-4-7-13-8-11(16(20)21)9-15(17-13)19-14(6-3)10-12(5-2)18-19/h8-10H,4-7H2,1-3H3,(H,20,21). The first-order valence-corrected chi connectivity index (χ1v) is 7.41.